The number of nitrogens with zero attached hydrogens (tertiary/aromatic N) is 2. The standard InChI is InChI=1S/C20H19N3O4S/c1-14(2)28(25,26)17-11-9-16(10-12-17)19-22-23-20(27-19)21-18(24)13-8-15-6-4-3-5-7-15/h3-14H,1-2H3,(H,21,23,24)/b13-8+. The third kappa shape index (κ3) is 4.52. The Balaban J connectivity index is 1.68. The van der Waals surface area contributed by atoms with Gasteiger partial charge in [0, 0.05) is 11.6 Å². The zero-order chi connectivity index (χ0) is 20.1. The van der Waals surface area contributed by atoms with Crippen LogP contribution in [0.3, 0.4) is 0 Å². The van der Waals surface area contributed by atoms with E-state index in [4.69, 9.17) is 4.42 Å². The highest BCUT2D eigenvalue weighted by Crippen LogP contribution is 2.23. The molecule has 144 valence electrons. The Kier molecular flexibility index (Phi) is 5.70. The van der Waals surface area contributed by atoms with Crippen molar-refractivity contribution in [1.29, 1.82) is 0 Å². The van der Waals surface area contributed by atoms with Crippen LogP contribution in [0, 0.1) is 0 Å². The molecule has 1 amide bonds. The minimum Gasteiger partial charge on any atom is -0.403 e. The molecular weight excluding hydrogens is 378 g/mol. The summed E-state index contributed by atoms with van der Waals surface area (Å²) in [6.45, 7) is 3.25. The Morgan fingerprint density at radius 1 is 1.04 bits per heavy atom. The molecule has 28 heavy (non-hydrogen) atoms. The van der Waals surface area contributed by atoms with Crippen LogP contribution in [-0.4, -0.2) is 29.8 Å². The van der Waals surface area contributed by atoms with Gasteiger partial charge < -0.3 is 4.42 Å². The fourth-order valence-corrected chi connectivity index (χ4v) is 3.39. The van der Waals surface area contributed by atoms with Crippen LogP contribution in [0.2, 0.25) is 0 Å². The van der Waals surface area contributed by atoms with Crippen LogP contribution < -0.4 is 5.32 Å². The molecule has 3 aromatic rings. The third-order valence-corrected chi connectivity index (χ3v) is 6.10. The molecule has 0 fully saturated rings. The van der Waals surface area contributed by atoms with Crippen LogP contribution in [0.1, 0.15) is 19.4 Å². The number of hydrogen-bond acceptors (Lipinski definition) is 6. The van der Waals surface area contributed by atoms with E-state index in [0.717, 1.165) is 5.56 Å². The molecule has 0 spiro atoms. The zero-order valence-electron chi connectivity index (χ0n) is 15.4. The number of anilines is 1. The summed E-state index contributed by atoms with van der Waals surface area (Å²) in [4.78, 5) is 12.2. The first-order valence-corrected chi connectivity index (χ1v) is 10.1. The van der Waals surface area contributed by atoms with E-state index in [0.29, 0.717) is 5.56 Å². The first-order valence-electron chi connectivity index (χ1n) is 8.58. The fourth-order valence-electron chi connectivity index (χ4n) is 2.33. The topological polar surface area (TPSA) is 102 Å². The lowest BCUT2D eigenvalue weighted by molar-refractivity contribution is -0.112. The summed E-state index contributed by atoms with van der Waals surface area (Å²) < 4.78 is 29.8. The van der Waals surface area contributed by atoms with E-state index in [1.165, 1.54) is 18.2 Å². The van der Waals surface area contributed by atoms with Crippen LogP contribution in [0.15, 0.2) is 70.0 Å². The summed E-state index contributed by atoms with van der Waals surface area (Å²) in [5.74, 6) is -0.228. The number of rotatable bonds is 6. The summed E-state index contributed by atoms with van der Waals surface area (Å²) >= 11 is 0. The van der Waals surface area contributed by atoms with Crippen molar-refractivity contribution < 1.29 is 17.6 Å². The predicted molar refractivity (Wildman–Crippen MR) is 106 cm³/mol. The summed E-state index contributed by atoms with van der Waals surface area (Å²) in [6.07, 6.45) is 3.03. The Morgan fingerprint density at radius 3 is 2.36 bits per heavy atom. The second-order valence-corrected chi connectivity index (χ2v) is 8.77. The molecule has 0 radical (unpaired) electrons. The highest BCUT2D eigenvalue weighted by atomic mass is 32.2. The van der Waals surface area contributed by atoms with Crippen LogP contribution in [0.5, 0.6) is 0 Å². The van der Waals surface area contributed by atoms with Gasteiger partial charge in [0.15, 0.2) is 9.84 Å². The van der Waals surface area contributed by atoms with Gasteiger partial charge in [-0.25, -0.2) is 8.42 Å². The molecule has 1 aromatic heterocycles. The van der Waals surface area contributed by atoms with E-state index >= 15 is 0 Å². The van der Waals surface area contributed by atoms with Crippen LogP contribution in [-0.2, 0) is 14.6 Å². The van der Waals surface area contributed by atoms with Crippen LogP contribution in [0.25, 0.3) is 17.5 Å². The number of aromatic nitrogens is 2. The van der Waals surface area contributed by atoms with Crippen molar-refractivity contribution in [2.75, 3.05) is 5.32 Å². The number of hydrogen-bond donors (Lipinski definition) is 1. The third-order valence-electron chi connectivity index (χ3n) is 3.93. The number of sulfone groups is 1. The molecule has 0 aliphatic heterocycles. The van der Waals surface area contributed by atoms with E-state index in [1.54, 1.807) is 32.1 Å². The normalized spacial score (nSPS) is 11.8. The monoisotopic (exact) mass is 397 g/mol. The number of nitrogens with one attached hydrogen (secondary N) is 1. The van der Waals surface area contributed by atoms with Gasteiger partial charge in [0.1, 0.15) is 0 Å². The second-order valence-electron chi connectivity index (χ2n) is 6.26. The Morgan fingerprint density at radius 2 is 1.71 bits per heavy atom. The molecule has 0 unspecified atom stereocenters. The zero-order valence-corrected chi connectivity index (χ0v) is 16.2. The second kappa shape index (κ2) is 8.18. The molecule has 1 heterocycles. The number of carbonyl (C=O) groups excluding carboxylic acids is 1. The minimum absolute atomic E-state index is 0.0448. The Labute approximate surface area is 163 Å². The maximum Gasteiger partial charge on any atom is 0.322 e. The highest BCUT2D eigenvalue weighted by molar-refractivity contribution is 7.92. The van der Waals surface area contributed by atoms with Gasteiger partial charge in [-0.15, -0.1) is 5.10 Å². The molecule has 1 N–H and O–H groups in total. The van der Waals surface area contributed by atoms with Gasteiger partial charge in [-0.2, -0.15) is 0 Å². The SMILES string of the molecule is CC(C)S(=O)(=O)c1ccc(-c2nnc(NC(=O)/C=C/c3ccccc3)o2)cc1. The molecule has 2 aromatic carbocycles. The first-order chi connectivity index (χ1) is 13.4. The van der Waals surface area contributed by atoms with E-state index in [9.17, 15) is 13.2 Å². The average molecular weight is 397 g/mol. The number of amides is 1. The molecule has 0 atom stereocenters. The summed E-state index contributed by atoms with van der Waals surface area (Å²) in [5, 5.41) is 9.65. The van der Waals surface area contributed by atoms with Crippen molar-refractivity contribution in [3.63, 3.8) is 0 Å². The summed E-state index contributed by atoms with van der Waals surface area (Å²) in [7, 11) is -3.35. The Hall–Kier alpha value is -3.26. The van der Waals surface area contributed by atoms with Gasteiger partial charge in [0.2, 0.25) is 5.89 Å². The maximum atomic E-state index is 12.2. The van der Waals surface area contributed by atoms with Crippen molar-refractivity contribution in [2.45, 2.75) is 24.0 Å². The fraction of sp³-hybridized carbons (Fsp3) is 0.150. The molecule has 0 bridgehead atoms. The molecule has 0 saturated carbocycles. The van der Waals surface area contributed by atoms with E-state index in [1.807, 2.05) is 30.3 Å². The molecule has 8 heteroatoms. The minimum atomic E-state index is -3.35. The van der Waals surface area contributed by atoms with Gasteiger partial charge in [0.25, 0.3) is 5.91 Å². The molecule has 0 aliphatic rings. The van der Waals surface area contributed by atoms with Crippen LogP contribution >= 0.6 is 0 Å². The van der Waals surface area contributed by atoms with E-state index < -0.39 is 21.0 Å². The lowest BCUT2D eigenvalue weighted by atomic mass is 10.2. The van der Waals surface area contributed by atoms with Crippen molar-refractivity contribution in [2.24, 2.45) is 0 Å². The average Bonchev–Trinajstić information content (AvgIpc) is 3.15. The van der Waals surface area contributed by atoms with E-state index in [2.05, 4.69) is 15.5 Å². The van der Waals surface area contributed by atoms with Crippen molar-refractivity contribution in [1.82, 2.24) is 10.2 Å². The quantitative estimate of drug-likeness (QED) is 0.638. The molecule has 0 saturated heterocycles. The number of benzene rings is 2. The molecule has 7 nitrogen and oxygen atoms in total. The van der Waals surface area contributed by atoms with Gasteiger partial charge in [-0.3, -0.25) is 10.1 Å². The van der Waals surface area contributed by atoms with Crippen LogP contribution in [0.4, 0.5) is 6.01 Å². The molecule has 0 aliphatic carbocycles. The molecular formula is C20H19N3O4S. The first kappa shape index (κ1) is 19.5. The highest BCUT2D eigenvalue weighted by Gasteiger charge is 2.19. The lowest BCUT2D eigenvalue weighted by Crippen LogP contribution is -2.13. The largest absolute Gasteiger partial charge is 0.403 e. The Bertz CT molecular complexity index is 1090. The summed E-state index contributed by atoms with van der Waals surface area (Å²) in [5.41, 5.74) is 1.44. The van der Waals surface area contributed by atoms with Gasteiger partial charge in [0.05, 0.1) is 10.1 Å². The summed E-state index contributed by atoms with van der Waals surface area (Å²) in [6, 6.07) is 15.5. The van der Waals surface area contributed by atoms with Crippen molar-refractivity contribution >= 4 is 27.8 Å². The lowest BCUT2D eigenvalue weighted by Gasteiger charge is -2.07. The molecule has 3 rings (SSSR count). The van der Waals surface area contributed by atoms with Gasteiger partial charge in [-0.1, -0.05) is 35.4 Å². The van der Waals surface area contributed by atoms with Crippen molar-refractivity contribution in [3.8, 4) is 11.5 Å². The van der Waals surface area contributed by atoms with E-state index in [-0.39, 0.29) is 16.8 Å². The predicted octanol–water partition coefficient (Wildman–Crippen LogP) is 3.57. The van der Waals surface area contributed by atoms with Gasteiger partial charge in [-0.05, 0) is 49.8 Å². The maximum absolute atomic E-state index is 12.2. The number of carbonyl (C=O) groups is 1. The van der Waals surface area contributed by atoms with Crippen molar-refractivity contribution in [3.05, 3.63) is 66.2 Å². The van der Waals surface area contributed by atoms with Gasteiger partial charge >= 0.3 is 6.01 Å². The smallest absolute Gasteiger partial charge is 0.322 e.